The minimum atomic E-state index is -0.713. The van der Waals surface area contributed by atoms with Gasteiger partial charge in [-0.1, -0.05) is 54.6 Å². The van der Waals surface area contributed by atoms with Crippen molar-refractivity contribution in [3.8, 4) is 5.75 Å². The van der Waals surface area contributed by atoms with Crippen LogP contribution in [0, 0.1) is 0 Å². The Morgan fingerprint density at radius 1 is 0.967 bits per heavy atom. The van der Waals surface area contributed by atoms with Gasteiger partial charge >= 0.3 is 5.97 Å². The van der Waals surface area contributed by atoms with Crippen LogP contribution in [0.5, 0.6) is 5.75 Å². The molecule has 0 bridgehead atoms. The maximum absolute atomic E-state index is 10.8. The second-order valence-corrected chi connectivity index (χ2v) is 8.01. The average Bonchev–Trinajstić information content (AvgIpc) is 2.96. The summed E-state index contributed by atoms with van der Waals surface area (Å²) in [5.74, 6) is 0.288. The van der Waals surface area contributed by atoms with E-state index in [9.17, 15) is 4.79 Å². The van der Waals surface area contributed by atoms with Crippen molar-refractivity contribution in [2.24, 2.45) is 0 Å². The zero-order valence-electron chi connectivity index (χ0n) is 17.3. The molecular weight excluding hydrogens is 374 g/mol. The van der Waals surface area contributed by atoms with E-state index in [0.717, 1.165) is 44.6 Å². The number of carboxylic acids is 1. The van der Waals surface area contributed by atoms with Crippen LogP contribution in [0.3, 0.4) is 0 Å². The Hall–Kier alpha value is -2.85. The van der Waals surface area contributed by atoms with E-state index in [-0.39, 0.29) is 6.42 Å². The first kappa shape index (κ1) is 20.4. The first-order valence-electron chi connectivity index (χ1n) is 10.8. The van der Waals surface area contributed by atoms with E-state index in [1.54, 1.807) is 0 Å². The molecule has 0 saturated heterocycles. The van der Waals surface area contributed by atoms with E-state index in [0.29, 0.717) is 13.0 Å². The van der Waals surface area contributed by atoms with Crippen LogP contribution in [0.1, 0.15) is 29.5 Å². The second-order valence-electron chi connectivity index (χ2n) is 8.01. The molecule has 1 aliphatic heterocycles. The number of benzene rings is 3. The lowest BCUT2D eigenvalue weighted by Gasteiger charge is -2.19. The van der Waals surface area contributed by atoms with Gasteiger partial charge in [0.05, 0.1) is 6.61 Å². The molecule has 156 valence electrons. The molecule has 0 fully saturated rings. The van der Waals surface area contributed by atoms with Gasteiger partial charge in [0, 0.05) is 25.9 Å². The lowest BCUT2D eigenvalue weighted by atomic mass is 10.0. The Morgan fingerprint density at radius 3 is 2.67 bits per heavy atom. The molecule has 4 nitrogen and oxygen atoms in total. The largest absolute Gasteiger partial charge is 0.493 e. The van der Waals surface area contributed by atoms with E-state index in [1.165, 1.54) is 27.5 Å². The Balaban J connectivity index is 1.35. The van der Waals surface area contributed by atoms with Gasteiger partial charge in [0.15, 0.2) is 0 Å². The summed E-state index contributed by atoms with van der Waals surface area (Å²) in [6.45, 7) is 3.44. The van der Waals surface area contributed by atoms with Gasteiger partial charge in [0.25, 0.3) is 0 Å². The topological polar surface area (TPSA) is 49.8 Å². The maximum atomic E-state index is 10.8. The lowest BCUT2D eigenvalue weighted by molar-refractivity contribution is -0.137. The van der Waals surface area contributed by atoms with Crippen molar-refractivity contribution in [2.75, 3.05) is 26.2 Å². The number of nitrogens with zero attached hydrogens (tertiary/aromatic N) is 1. The molecule has 4 rings (SSSR count). The highest BCUT2D eigenvalue weighted by Crippen LogP contribution is 2.27. The minimum absolute atomic E-state index is 0.243. The third-order valence-electron chi connectivity index (χ3n) is 5.93. The molecule has 1 N–H and O–H groups in total. The monoisotopic (exact) mass is 403 g/mol. The Morgan fingerprint density at radius 2 is 1.80 bits per heavy atom. The molecule has 30 heavy (non-hydrogen) atoms. The number of carbonyl (C=O) groups is 1. The summed E-state index contributed by atoms with van der Waals surface area (Å²) >= 11 is 0. The second kappa shape index (κ2) is 9.77. The van der Waals surface area contributed by atoms with Crippen molar-refractivity contribution in [1.29, 1.82) is 0 Å². The lowest BCUT2D eigenvalue weighted by Crippen LogP contribution is -2.27. The molecule has 0 radical (unpaired) electrons. The maximum Gasteiger partial charge on any atom is 0.303 e. The molecule has 0 aromatic heterocycles. The van der Waals surface area contributed by atoms with E-state index in [2.05, 4.69) is 65.6 Å². The Labute approximate surface area is 178 Å². The van der Waals surface area contributed by atoms with Gasteiger partial charge in [-0.25, -0.2) is 0 Å². The Kier molecular flexibility index (Phi) is 6.65. The molecule has 0 saturated carbocycles. The molecule has 0 aliphatic carbocycles. The van der Waals surface area contributed by atoms with Crippen LogP contribution in [0.2, 0.25) is 0 Å². The van der Waals surface area contributed by atoms with Crippen molar-refractivity contribution in [3.05, 3.63) is 77.4 Å². The highest BCUT2D eigenvalue weighted by atomic mass is 16.5. The zero-order chi connectivity index (χ0) is 20.8. The zero-order valence-corrected chi connectivity index (χ0v) is 17.3. The fraction of sp³-hybridized carbons (Fsp3) is 0.346. The number of hydrogen-bond acceptors (Lipinski definition) is 3. The van der Waals surface area contributed by atoms with Crippen molar-refractivity contribution in [2.45, 2.75) is 32.1 Å². The summed E-state index contributed by atoms with van der Waals surface area (Å²) in [6.07, 6.45) is 3.78. The molecule has 0 unspecified atom stereocenters. The Bertz CT molecular complexity index is 1010. The number of aliphatic carboxylic acids is 1. The van der Waals surface area contributed by atoms with E-state index in [1.807, 2.05) is 0 Å². The van der Waals surface area contributed by atoms with Gasteiger partial charge in [-0.2, -0.15) is 0 Å². The smallest absolute Gasteiger partial charge is 0.303 e. The summed E-state index contributed by atoms with van der Waals surface area (Å²) in [4.78, 5) is 13.1. The molecular formula is C26H29NO3. The van der Waals surface area contributed by atoms with Crippen LogP contribution >= 0.6 is 0 Å². The standard InChI is InChI=1S/C26H29NO3/c28-26(29)9-4-15-27-16-12-22-7-3-8-25(24(22)13-17-27)30-18-14-20-10-11-21-5-1-2-6-23(21)19-20/h1-3,5-8,10-11,19H,4,9,12-18H2,(H,28,29). The van der Waals surface area contributed by atoms with Crippen LogP contribution in [0.4, 0.5) is 0 Å². The van der Waals surface area contributed by atoms with Crippen LogP contribution in [-0.4, -0.2) is 42.2 Å². The van der Waals surface area contributed by atoms with Gasteiger partial charge < -0.3 is 14.7 Å². The van der Waals surface area contributed by atoms with E-state index in [4.69, 9.17) is 9.84 Å². The minimum Gasteiger partial charge on any atom is -0.493 e. The van der Waals surface area contributed by atoms with Gasteiger partial charge in [0.1, 0.15) is 5.75 Å². The van der Waals surface area contributed by atoms with Crippen LogP contribution in [0.25, 0.3) is 10.8 Å². The van der Waals surface area contributed by atoms with E-state index >= 15 is 0 Å². The van der Waals surface area contributed by atoms with Gasteiger partial charge in [-0.15, -0.1) is 0 Å². The first-order chi connectivity index (χ1) is 14.7. The highest BCUT2D eigenvalue weighted by molar-refractivity contribution is 5.82. The number of carboxylic acid groups (broad SMARTS) is 1. The molecule has 0 spiro atoms. The predicted octanol–water partition coefficient (Wildman–Crippen LogP) is 4.73. The van der Waals surface area contributed by atoms with Gasteiger partial charge in [0.2, 0.25) is 0 Å². The quantitative estimate of drug-likeness (QED) is 0.591. The SMILES string of the molecule is O=C(O)CCCN1CCc2cccc(OCCc3ccc4ccccc4c3)c2CC1. The molecule has 0 atom stereocenters. The van der Waals surface area contributed by atoms with Crippen molar-refractivity contribution >= 4 is 16.7 Å². The fourth-order valence-electron chi connectivity index (χ4n) is 4.28. The van der Waals surface area contributed by atoms with Gasteiger partial charge in [-0.05, 0) is 59.3 Å². The average molecular weight is 404 g/mol. The number of ether oxygens (including phenoxy) is 1. The van der Waals surface area contributed by atoms with Gasteiger partial charge in [-0.3, -0.25) is 4.79 Å². The number of fused-ring (bicyclic) bond motifs is 2. The van der Waals surface area contributed by atoms with Crippen LogP contribution in [-0.2, 0) is 24.1 Å². The predicted molar refractivity (Wildman–Crippen MR) is 120 cm³/mol. The van der Waals surface area contributed by atoms with Crippen LogP contribution in [0.15, 0.2) is 60.7 Å². The summed E-state index contributed by atoms with van der Waals surface area (Å²) in [5.41, 5.74) is 3.97. The molecule has 4 heteroatoms. The molecule has 1 aliphatic rings. The normalized spacial score (nSPS) is 14.3. The first-order valence-corrected chi connectivity index (χ1v) is 10.8. The van der Waals surface area contributed by atoms with Crippen molar-refractivity contribution < 1.29 is 14.6 Å². The van der Waals surface area contributed by atoms with Crippen LogP contribution < -0.4 is 4.74 Å². The number of hydrogen-bond donors (Lipinski definition) is 1. The fourth-order valence-corrected chi connectivity index (χ4v) is 4.28. The highest BCUT2D eigenvalue weighted by Gasteiger charge is 2.17. The molecule has 1 heterocycles. The van der Waals surface area contributed by atoms with Crippen molar-refractivity contribution in [1.82, 2.24) is 4.90 Å². The van der Waals surface area contributed by atoms with E-state index < -0.39 is 5.97 Å². The third-order valence-corrected chi connectivity index (χ3v) is 5.93. The summed E-state index contributed by atoms with van der Waals surface area (Å²) < 4.78 is 6.23. The number of rotatable bonds is 8. The third kappa shape index (κ3) is 5.19. The molecule has 0 amide bonds. The summed E-state index contributed by atoms with van der Waals surface area (Å²) in [6, 6.07) is 21.4. The molecule has 3 aromatic carbocycles. The summed E-state index contributed by atoms with van der Waals surface area (Å²) in [7, 11) is 0. The molecule has 3 aromatic rings. The van der Waals surface area contributed by atoms with Crippen molar-refractivity contribution in [3.63, 3.8) is 0 Å². The summed E-state index contributed by atoms with van der Waals surface area (Å²) in [5, 5.41) is 11.4.